The predicted molar refractivity (Wildman–Crippen MR) is 105 cm³/mol. The summed E-state index contributed by atoms with van der Waals surface area (Å²) >= 11 is 0. The summed E-state index contributed by atoms with van der Waals surface area (Å²) in [5, 5.41) is 2.73. The van der Waals surface area contributed by atoms with Crippen LogP contribution in [0, 0.1) is 5.92 Å². The van der Waals surface area contributed by atoms with Gasteiger partial charge < -0.3 is 19.2 Å². The van der Waals surface area contributed by atoms with Crippen molar-refractivity contribution in [1.29, 1.82) is 0 Å². The number of halogens is 2. The molecule has 0 aliphatic heterocycles. The number of hydrogen-bond acceptors (Lipinski definition) is 6. The van der Waals surface area contributed by atoms with Gasteiger partial charge in [0.2, 0.25) is 17.7 Å². The minimum absolute atomic E-state index is 0.00420. The number of hydrogen-bond donors (Lipinski definition) is 1. The van der Waals surface area contributed by atoms with Gasteiger partial charge in [0.25, 0.3) is 5.92 Å². The molecule has 0 saturated heterocycles. The lowest BCUT2D eigenvalue weighted by atomic mass is 10.2. The Kier molecular flexibility index (Phi) is 5.27. The van der Waals surface area contributed by atoms with Crippen LogP contribution in [-0.4, -0.2) is 41.1 Å². The van der Waals surface area contributed by atoms with E-state index in [2.05, 4.69) is 15.3 Å². The molecule has 3 aromatic rings. The Hall–Kier alpha value is -3.23. The van der Waals surface area contributed by atoms with Crippen LogP contribution in [0.2, 0.25) is 0 Å². The zero-order valence-corrected chi connectivity index (χ0v) is 16.5. The van der Waals surface area contributed by atoms with E-state index in [1.165, 1.54) is 6.92 Å². The number of amides is 1. The van der Waals surface area contributed by atoms with Crippen molar-refractivity contribution in [2.24, 2.45) is 5.92 Å². The molecule has 1 aliphatic carbocycles. The molecule has 0 radical (unpaired) electrons. The molecule has 1 N–H and O–H groups in total. The number of aromatic nitrogens is 2. The van der Waals surface area contributed by atoms with Crippen LogP contribution in [-0.2, 0) is 4.79 Å². The number of nitrogens with zero attached hydrogens (tertiary/aromatic N) is 2. The van der Waals surface area contributed by atoms with E-state index in [0.717, 1.165) is 5.56 Å². The maximum absolute atomic E-state index is 12.9. The topological polar surface area (TPSA) is 86.5 Å². The first-order valence-corrected chi connectivity index (χ1v) is 9.58. The Morgan fingerprint density at radius 3 is 2.73 bits per heavy atom. The first kappa shape index (κ1) is 20.1. The Morgan fingerprint density at radius 1 is 1.33 bits per heavy atom. The molecule has 1 aromatic carbocycles. The van der Waals surface area contributed by atoms with Crippen molar-refractivity contribution >= 4 is 17.0 Å². The van der Waals surface area contributed by atoms with Gasteiger partial charge >= 0.3 is 0 Å². The van der Waals surface area contributed by atoms with Gasteiger partial charge in [-0.2, -0.15) is 0 Å². The normalized spacial score (nSPS) is 18.1. The first-order valence-electron chi connectivity index (χ1n) is 9.58. The number of rotatable bonds is 8. The number of fused-ring (bicyclic) bond motifs is 1. The molecule has 7 nitrogen and oxygen atoms in total. The summed E-state index contributed by atoms with van der Waals surface area (Å²) in [4.78, 5) is 19.7. The molecule has 30 heavy (non-hydrogen) atoms. The van der Waals surface area contributed by atoms with E-state index in [0.29, 0.717) is 28.6 Å². The maximum atomic E-state index is 12.9. The predicted octanol–water partition coefficient (Wildman–Crippen LogP) is 3.83. The molecule has 1 saturated carbocycles. The number of ether oxygens (including phenoxy) is 2. The van der Waals surface area contributed by atoms with Crippen molar-refractivity contribution in [1.82, 2.24) is 15.3 Å². The van der Waals surface area contributed by atoms with Gasteiger partial charge in [0.1, 0.15) is 17.9 Å². The highest BCUT2D eigenvalue weighted by atomic mass is 19.3. The maximum Gasteiger partial charge on any atom is 0.255 e. The Labute approximate surface area is 171 Å². The van der Waals surface area contributed by atoms with Crippen molar-refractivity contribution in [3.63, 3.8) is 0 Å². The van der Waals surface area contributed by atoms with Gasteiger partial charge in [0.05, 0.1) is 24.8 Å². The summed E-state index contributed by atoms with van der Waals surface area (Å²) in [5.74, 6) is -2.13. The lowest BCUT2D eigenvalue weighted by Crippen LogP contribution is -2.35. The zero-order valence-electron chi connectivity index (χ0n) is 16.5. The SMILES string of the molecule is CC(=O)N[C@@H](C)COc1cc2oc(-c3ccc(OC[C@H]4CC4(F)F)cc3)nc2cn1. The summed E-state index contributed by atoms with van der Waals surface area (Å²) < 4.78 is 42.6. The summed E-state index contributed by atoms with van der Waals surface area (Å²) in [6.45, 7) is 3.55. The number of benzene rings is 1. The second kappa shape index (κ2) is 7.89. The van der Waals surface area contributed by atoms with Gasteiger partial charge in [0.15, 0.2) is 5.58 Å². The number of oxazole rings is 1. The van der Waals surface area contributed by atoms with Crippen molar-refractivity contribution in [3.05, 3.63) is 36.5 Å². The molecular formula is C21H21F2N3O4. The fourth-order valence-electron chi connectivity index (χ4n) is 2.96. The van der Waals surface area contributed by atoms with Crippen molar-refractivity contribution < 1.29 is 27.5 Å². The Bertz CT molecular complexity index is 1050. The fourth-order valence-corrected chi connectivity index (χ4v) is 2.96. The van der Waals surface area contributed by atoms with Crippen molar-refractivity contribution in [3.8, 4) is 23.1 Å². The van der Waals surface area contributed by atoms with Crippen LogP contribution in [0.15, 0.2) is 40.9 Å². The lowest BCUT2D eigenvalue weighted by molar-refractivity contribution is -0.119. The molecule has 1 fully saturated rings. The minimum Gasteiger partial charge on any atom is -0.493 e. The zero-order chi connectivity index (χ0) is 21.3. The van der Waals surface area contributed by atoms with Crippen LogP contribution in [0.1, 0.15) is 20.3 Å². The fraction of sp³-hybridized carbons (Fsp3) is 0.381. The highest BCUT2D eigenvalue weighted by Gasteiger charge is 2.57. The van der Waals surface area contributed by atoms with Crippen molar-refractivity contribution in [2.75, 3.05) is 13.2 Å². The largest absolute Gasteiger partial charge is 0.493 e. The molecule has 0 bridgehead atoms. The standard InChI is InChI=1S/C21H21F2N3O4/c1-12(25-13(2)27)10-29-19-7-18-17(9-24-19)26-20(30-18)14-3-5-16(6-4-14)28-11-15-8-21(15,22)23/h3-7,9,12,15H,8,10-11H2,1-2H3,(H,25,27)/t12-,15+/m0/s1. The van der Waals surface area contributed by atoms with Crippen LogP contribution in [0.5, 0.6) is 11.6 Å². The van der Waals surface area contributed by atoms with Crippen LogP contribution in [0.3, 0.4) is 0 Å². The van der Waals surface area contributed by atoms with Crippen LogP contribution in [0.25, 0.3) is 22.6 Å². The van der Waals surface area contributed by atoms with Crippen LogP contribution < -0.4 is 14.8 Å². The van der Waals surface area contributed by atoms with Crippen LogP contribution >= 0.6 is 0 Å². The molecule has 158 valence electrons. The highest BCUT2D eigenvalue weighted by Crippen LogP contribution is 2.48. The number of carbonyl (C=O) groups excluding carboxylic acids is 1. The first-order chi connectivity index (χ1) is 14.3. The van der Waals surface area contributed by atoms with Gasteiger partial charge in [-0.05, 0) is 31.2 Å². The van der Waals surface area contributed by atoms with E-state index in [1.807, 2.05) is 6.92 Å². The average molecular weight is 417 g/mol. The summed E-state index contributed by atoms with van der Waals surface area (Å²) in [7, 11) is 0. The van der Waals surface area contributed by atoms with Gasteiger partial charge in [-0.15, -0.1) is 0 Å². The van der Waals surface area contributed by atoms with E-state index >= 15 is 0 Å². The number of pyridine rings is 1. The van der Waals surface area contributed by atoms with Gasteiger partial charge in [-0.25, -0.2) is 18.7 Å². The molecule has 1 amide bonds. The van der Waals surface area contributed by atoms with Gasteiger partial charge in [-0.1, -0.05) is 0 Å². The smallest absolute Gasteiger partial charge is 0.255 e. The van der Waals surface area contributed by atoms with E-state index in [4.69, 9.17) is 13.9 Å². The quantitative estimate of drug-likeness (QED) is 0.600. The average Bonchev–Trinajstić information content (AvgIpc) is 3.10. The van der Waals surface area contributed by atoms with E-state index in [-0.39, 0.29) is 31.6 Å². The van der Waals surface area contributed by atoms with Crippen LogP contribution in [0.4, 0.5) is 8.78 Å². The van der Waals surface area contributed by atoms with Crippen molar-refractivity contribution in [2.45, 2.75) is 32.2 Å². The lowest BCUT2D eigenvalue weighted by Gasteiger charge is -2.12. The van der Waals surface area contributed by atoms with E-state index in [1.54, 1.807) is 36.5 Å². The Balaban J connectivity index is 1.40. The highest BCUT2D eigenvalue weighted by molar-refractivity contribution is 5.76. The molecule has 2 aromatic heterocycles. The third-order valence-corrected chi connectivity index (χ3v) is 4.69. The van der Waals surface area contributed by atoms with Gasteiger partial charge in [0, 0.05) is 25.0 Å². The second-order valence-electron chi connectivity index (χ2n) is 7.42. The second-order valence-corrected chi connectivity index (χ2v) is 7.42. The Morgan fingerprint density at radius 2 is 2.07 bits per heavy atom. The third kappa shape index (κ3) is 4.67. The summed E-state index contributed by atoms with van der Waals surface area (Å²) in [6.07, 6.45) is 1.44. The summed E-state index contributed by atoms with van der Waals surface area (Å²) in [5.41, 5.74) is 1.80. The molecule has 0 unspecified atom stereocenters. The molecule has 1 aliphatic rings. The number of carbonyl (C=O) groups is 1. The van der Waals surface area contributed by atoms with Gasteiger partial charge in [-0.3, -0.25) is 4.79 Å². The molecule has 0 spiro atoms. The molecule has 9 heteroatoms. The number of nitrogens with one attached hydrogen (secondary N) is 1. The minimum atomic E-state index is -2.59. The van der Waals surface area contributed by atoms with E-state index < -0.39 is 11.8 Å². The monoisotopic (exact) mass is 417 g/mol. The molecular weight excluding hydrogens is 396 g/mol. The number of alkyl halides is 2. The van der Waals surface area contributed by atoms with E-state index in [9.17, 15) is 13.6 Å². The molecule has 2 heterocycles. The summed E-state index contributed by atoms with van der Waals surface area (Å²) in [6, 6.07) is 8.38. The molecule has 2 atom stereocenters. The molecule has 4 rings (SSSR count). The third-order valence-electron chi connectivity index (χ3n) is 4.69.